The molecule has 0 saturated carbocycles. The Labute approximate surface area is 69.5 Å². The zero-order valence-electron chi connectivity index (χ0n) is 5.92. The summed E-state index contributed by atoms with van der Waals surface area (Å²) >= 11 is -1.75. The molecule has 0 heterocycles. The summed E-state index contributed by atoms with van der Waals surface area (Å²) in [5, 5.41) is 11.0. The summed E-state index contributed by atoms with van der Waals surface area (Å²) in [6, 6.07) is 0. The van der Waals surface area contributed by atoms with Gasteiger partial charge in [0.2, 0.25) is 0 Å². The first-order chi connectivity index (χ1) is 4.83. The molecule has 6 heteroatoms. The van der Waals surface area contributed by atoms with Crippen LogP contribution >= 0.6 is 0 Å². The molecule has 0 aliphatic carbocycles. The number of hydrogen-bond donors (Lipinski definition) is 4. The van der Waals surface area contributed by atoms with Crippen LogP contribution in [0.5, 0.6) is 0 Å². The number of likely N-dealkylation sites (N-methyl/N-ethyl adjacent to an activating group) is 1. The Bertz CT molecular complexity index is 60.5. The van der Waals surface area contributed by atoms with Crippen molar-refractivity contribution in [1.82, 2.24) is 10.8 Å². The van der Waals surface area contributed by atoms with Crippen LogP contribution in [0.4, 0.5) is 0 Å². The Kier molecular flexibility index (Phi) is 21.0. The second kappa shape index (κ2) is 16.2. The minimum atomic E-state index is -1.75. The van der Waals surface area contributed by atoms with Gasteiger partial charge in [-0.2, -0.15) is 0 Å². The van der Waals surface area contributed by atoms with Crippen molar-refractivity contribution >= 4 is 0 Å². The van der Waals surface area contributed by atoms with Gasteiger partial charge in [0.1, 0.15) is 0 Å². The van der Waals surface area contributed by atoms with Crippen molar-refractivity contribution in [2.24, 2.45) is 0 Å². The molecule has 0 rings (SSSR count). The van der Waals surface area contributed by atoms with E-state index in [1.807, 2.05) is 12.4 Å². The summed E-state index contributed by atoms with van der Waals surface area (Å²) in [5.41, 5.74) is 2.04. The van der Waals surface area contributed by atoms with Crippen molar-refractivity contribution in [3.8, 4) is 0 Å². The van der Waals surface area contributed by atoms with E-state index in [0.29, 0.717) is 6.54 Å². The molecule has 0 bridgehead atoms. The number of rotatable bonds is 4. The van der Waals surface area contributed by atoms with E-state index in [2.05, 4.69) is 5.32 Å². The molecular formula is C4H13N2O3Ti. The first-order valence-corrected chi connectivity index (χ1v) is 4.25. The average molecular weight is 185 g/mol. The van der Waals surface area contributed by atoms with E-state index in [1.165, 1.54) is 0 Å². The van der Waals surface area contributed by atoms with E-state index in [0.717, 1.165) is 13.1 Å². The quantitative estimate of drug-likeness (QED) is 0.254. The minimum absolute atomic E-state index is 0.619. The molecule has 0 aromatic rings. The second-order valence-electron chi connectivity index (χ2n) is 1.35. The van der Waals surface area contributed by atoms with Crippen LogP contribution in [0, 0.1) is 0 Å². The maximum absolute atomic E-state index is 8.61. The van der Waals surface area contributed by atoms with E-state index < -0.39 is 19.5 Å². The Morgan fingerprint density at radius 3 is 2.30 bits per heavy atom. The van der Waals surface area contributed by atoms with Crippen LogP contribution < -0.4 is 10.8 Å². The number of nitrogens with one attached hydrogen (secondary N) is 2. The van der Waals surface area contributed by atoms with Crippen molar-refractivity contribution in [2.45, 2.75) is 6.92 Å². The Morgan fingerprint density at radius 2 is 2.00 bits per heavy atom. The molecule has 4 N–H and O–H groups in total. The molecule has 0 aliphatic heterocycles. The van der Waals surface area contributed by atoms with E-state index in [-0.39, 0.29) is 0 Å². The summed E-state index contributed by atoms with van der Waals surface area (Å²) in [5.74, 6) is 0. The normalized spacial score (nSPS) is 7.50. The fourth-order valence-electron chi connectivity index (χ4n) is 0.321. The Morgan fingerprint density at radius 1 is 1.50 bits per heavy atom. The molecule has 0 radical (unpaired) electrons. The van der Waals surface area contributed by atoms with E-state index >= 15 is 0 Å². The van der Waals surface area contributed by atoms with Crippen molar-refractivity contribution in [3.05, 3.63) is 0 Å². The maximum atomic E-state index is 8.61. The monoisotopic (exact) mass is 185 g/mol. The Balaban J connectivity index is 0. The fraction of sp³-hybridized carbons (Fsp3) is 1.00. The zero-order chi connectivity index (χ0) is 8.24. The molecule has 0 unspecified atom stereocenters. The molecule has 0 saturated heterocycles. The molecule has 0 spiro atoms. The van der Waals surface area contributed by atoms with Crippen molar-refractivity contribution in [3.63, 3.8) is 0 Å². The zero-order valence-corrected chi connectivity index (χ0v) is 7.49. The summed E-state index contributed by atoms with van der Waals surface area (Å²) in [7, 11) is 0. The van der Waals surface area contributed by atoms with Crippen LogP contribution in [0.1, 0.15) is 6.92 Å². The number of hydrogen-bond acceptors (Lipinski definition) is 4. The predicted octanol–water partition coefficient (Wildman–Crippen LogP) is -1.10. The molecule has 5 nitrogen and oxygen atoms in total. The van der Waals surface area contributed by atoms with Crippen LogP contribution in [0.25, 0.3) is 0 Å². The summed E-state index contributed by atoms with van der Waals surface area (Å²) in [6.45, 7) is 4.43. The molecule has 0 fully saturated rings. The van der Waals surface area contributed by atoms with E-state index in [1.54, 1.807) is 0 Å². The molecule has 0 aliphatic rings. The first-order valence-electron chi connectivity index (χ1n) is 2.92. The van der Waals surface area contributed by atoms with Gasteiger partial charge in [0.05, 0.1) is 0 Å². The van der Waals surface area contributed by atoms with Crippen molar-refractivity contribution < 1.29 is 31.7 Å². The molecular weight excluding hydrogens is 172 g/mol. The van der Waals surface area contributed by atoms with Crippen molar-refractivity contribution in [1.29, 1.82) is 0 Å². The molecule has 0 amide bonds. The third-order valence-corrected chi connectivity index (χ3v) is 0.664. The fourth-order valence-corrected chi connectivity index (χ4v) is 0.321. The summed E-state index contributed by atoms with van der Waals surface area (Å²) in [4.78, 5) is 0. The molecule has 0 aromatic heterocycles. The van der Waals surface area contributed by atoms with Gasteiger partial charge in [0.15, 0.2) is 0 Å². The van der Waals surface area contributed by atoms with Crippen LogP contribution in [-0.4, -0.2) is 28.5 Å². The van der Waals surface area contributed by atoms with Gasteiger partial charge in [0.25, 0.3) is 0 Å². The average Bonchev–Trinajstić information content (AvgIpc) is 1.91. The van der Waals surface area contributed by atoms with Gasteiger partial charge >= 0.3 is 26.5 Å². The topological polar surface area (TPSA) is 81.6 Å². The van der Waals surface area contributed by atoms with E-state index in [4.69, 9.17) is 12.2 Å². The van der Waals surface area contributed by atoms with Gasteiger partial charge in [0, 0.05) is 13.1 Å². The molecule has 61 valence electrons. The van der Waals surface area contributed by atoms with Crippen molar-refractivity contribution in [2.75, 3.05) is 19.6 Å². The van der Waals surface area contributed by atoms with Crippen LogP contribution in [0.3, 0.4) is 0 Å². The predicted molar refractivity (Wildman–Crippen MR) is 31.2 cm³/mol. The SMILES string of the molecule is CCNCCNO.[O]=[Ti][OH]. The second-order valence-corrected chi connectivity index (χ2v) is 1.64. The van der Waals surface area contributed by atoms with Gasteiger partial charge in [-0.05, 0) is 6.54 Å². The van der Waals surface area contributed by atoms with Crippen LogP contribution in [-0.2, 0) is 22.8 Å². The van der Waals surface area contributed by atoms with Gasteiger partial charge in [-0.15, -0.1) is 0 Å². The Hall–Kier alpha value is 0.354. The van der Waals surface area contributed by atoms with Crippen LogP contribution in [0.15, 0.2) is 0 Å². The standard InChI is InChI=1S/C4H12N2O.H2O.O.Ti/c1-2-5-3-4-6-7;;;/h5-7H,2-4H2,1H3;1H2;;/q;;;+1/p-1. The number of hydroxylamine groups is 1. The van der Waals surface area contributed by atoms with Crippen LogP contribution in [0.2, 0.25) is 0 Å². The van der Waals surface area contributed by atoms with Gasteiger partial charge in [-0.25, -0.2) is 5.48 Å². The summed E-state index contributed by atoms with van der Waals surface area (Å²) in [6.07, 6.45) is 0. The summed E-state index contributed by atoms with van der Waals surface area (Å²) < 4.78 is 15.8. The van der Waals surface area contributed by atoms with E-state index in [9.17, 15) is 0 Å². The molecule has 0 atom stereocenters. The molecule has 0 aromatic carbocycles. The third kappa shape index (κ3) is 23.8. The molecule has 10 heavy (non-hydrogen) atoms. The third-order valence-electron chi connectivity index (χ3n) is 0.664. The first kappa shape index (κ1) is 13.0. The van der Waals surface area contributed by atoms with Gasteiger partial charge < -0.3 is 10.5 Å². The van der Waals surface area contributed by atoms with Gasteiger partial charge in [-0.1, -0.05) is 6.92 Å². The van der Waals surface area contributed by atoms with Gasteiger partial charge in [-0.3, -0.25) is 0 Å².